The van der Waals surface area contributed by atoms with E-state index in [4.69, 9.17) is 0 Å². The van der Waals surface area contributed by atoms with Gasteiger partial charge < -0.3 is 5.32 Å². The second kappa shape index (κ2) is 7.24. The van der Waals surface area contributed by atoms with Crippen LogP contribution in [0.5, 0.6) is 0 Å². The lowest BCUT2D eigenvalue weighted by atomic mass is 10.1. The van der Waals surface area contributed by atoms with Gasteiger partial charge in [-0.2, -0.15) is 0 Å². The van der Waals surface area contributed by atoms with Gasteiger partial charge in [0.25, 0.3) is 0 Å². The number of aryl methyl sites for hydroxylation is 1. The van der Waals surface area contributed by atoms with Crippen LogP contribution in [0.4, 0.5) is 0 Å². The van der Waals surface area contributed by atoms with Gasteiger partial charge in [0.05, 0.1) is 0 Å². The van der Waals surface area contributed by atoms with Gasteiger partial charge in [-0.15, -0.1) is 0 Å². The van der Waals surface area contributed by atoms with Gasteiger partial charge in [-0.25, -0.2) is 0 Å². The molecule has 0 aliphatic heterocycles. The van der Waals surface area contributed by atoms with Crippen LogP contribution < -0.4 is 5.32 Å². The molecule has 82 valence electrons. The molecule has 0 saturated heterocycles. The molecule has 1 heteroatoms. The summed E-state index contributed by atoms with van der Waals surface area (Å²) in [5.74, 6) is 0. The second-order valence-corrected chi connectivity index (χ2v) is 3.90. The Labute approximate surface area is 93.2 Å². The number of nitrogens with one attached hydrogen (secondary N) is 1. The molecular formula is C14H21N. The van der Waals surface area contributed by atoms with Crippen molar-refractivity contribution >= 4 is 0 Å². The minimum absolute atomic E-state index is 1.02. The zero-order chi connectivity index (χ0) is 10.9. The molecule has 0 spiro atoms. The van der Waals surface area contributed by atoms with E-state index in [1.165, 1.54) is 24.0 Å². The molecule has 0 bridgehead atoms. The summed E-state index contributed by atoms with van der Waals surface area (Å²) >= 11 is 0. The molecule has 1 rings (SSSR count). The summed E-state index contributed by atoms with van der Waals surface area (Å²) in [6, 6.07) is 10.7. The lowest BCUT2D eigenvalue weighted by Gasteiger charge is -2.04. The highest BCUT2D eigenvalue weighted by Gasteiger charge is 1.92. The molecular weight excluding hydrogens is 182 g/mol. The van der Waals surface area contributed by atoms with Gasteiger partial charge in [-0.05, 0) is 38.8 Å². The maximum Gasteiger partial charge on any atom is 0.0161 e. The fourth-order valence-corrected chi connectivity index (χ4v) is 1.45. The van der Waals surface area contributed by atoms with Crippen molar-refractivity contribution in [1.29, 1.82) is 0 Å². The van der Waals surface area contributed by atoms with E-state index in [1.807, 2.05) is 0 Å². The van der Waals surface area contributed by atoms with Gasteiger partial charge in [0.1, 0.15) is 0 Å². The highest BCUT2D eigenvalue weighted by atomic mass is 14.8. The quantitative estimate of drug-likeness (QED) is 0.553. The number of rotatable bonds is 6. The Kier molecular flexibility index (Phi) is 5.79. The van der Waals surface area contributed by atoms with Crippen LogP contribution in [-0.4, -0.2) is 13.1 Å². The van der Waals surface area contributed by atoms with Crippen LogP contribution in [-0.2, 0) is 6.42 Å². The zero-order valence-corrected chi connectivity index (χ0v) is 9.79. The third-order valence-corrected chi connectivity index (χ3v) is 2.56. The number of hydrogen-bond acceptors (Lipinski definition) is 1. The van der Waals surface area contributed by atoms with E-state index in [9.17, 15) is 0 Å². The summed E-state index contributed by atoms with van der Waals surface area (Å²) in [6.45, 7) is 6.36. The van der Waals surface area contributed by atoms with Crippen LogP contribution in [0.25, 0.3) is 0 Å². The smallest absolute Gasteiger partial charge is 0.0161 e. The van der Waals surface area contributed by atoms with Crippen LogP contribution in [0.3, 0.4) is 0 Å². The maximum atomic E-state index is 3.44. The highest BCUT2D eigenvalue weighted by Crippen LogP contribution is 2.01. The molecule has 0 amide bonds. The molecule has 1 aromatic rings. The molecule has 0 saturated carbocycles. The first-order valence-corrected chi connectivity index (χ1v) is 5.69. The van der Waals surface area contributed by atoms with Crippen LogP contribution in [0.1, 0.15) is 25.8 Å². The lowest BCUT2D eigenvalue weighted by Crippen LogP contribution is -2.17. The van der Waals surface area contributed by atoms with Gasteiger partial charge in [0.2, 0.25) is 0 Å². The molecule has 0 aliphatic rings. The summed E-state index contributed by atoms with van der Waals surface area (Å²) in [4.78, 5) is 0. The molecule has 0 unspecified atom stereocenters. The highest BCUT2D eigenvalue weighted by molar-refractivity contribution is 5.14. The van der Waals surface area contributed by atoms with Crippen LogP contribution in [0.2, 0.25) is 0 Å². The molecule has 1 N–H and O–H groups in total. The summed E-state index contributed by atoms with van der Waals surface area (Å²) < 4.78 is 0. The first kappa shape index (κ1) is 12.0. The topological polar surface area (TPSA) is 12.0 Å². The summed E-state index contributed by atoms with van der Waals surface area (Å²) in [5.41, 5.74) is 2.84. The summed E-state index contributed by atoms with van der Waals surface area (Å²) in [6.07, 6.45) is 4.54. The third-order valence-electron chi connectivity index (χ3n) is 2.56. The molecule has 15 heavy (non-hydrogen) atoms. The summed E-state index contributed by atoms with van der Waals surface area (Å²) in [5, 5.41) is 3.44. The number of allylic oxidation sites excluding steroid dienone is 1. The van der Waals surface area contributed by atoms with Crippen molar-refractivity contribution in [2.75, 3.05) is 13.1 Å². The fraction of sp³-hybridized carbons (Fsp3) is 0.429. The predicted molar refractivity (Wildman–Crippen MR) is 67.1 cm³/mol. The van der Waals surface area contributed by atoms with Crippen molar-refractivity contribution in [3.8, 4) is 0 Å². The monoisotopic (exact) mass is 203 g/mol. The average Bonchev–Trinajstić information content (AvgIpc) is 2.29. The van der Waals surface area contributed by atoms with Crippen LogP contribution in [0, 0.1) is 0 Å². The van der Waals surface area contributed by atoms with E-state index < -0.39 is 0 Å². The normalized spacial score (nSPS) is 11.7. The van der Waals surface area contributed by atoms with Crippen molar-refractivity contribution in [3.63, 3.8) is 0 Å². The van der Waals surface area contributed by atoms with Crippen LogP contribution >= 0.6 is 0 Å². The van der Waals surface area contributed by atoms with E-state index in [2.05, 4.69) is 55.6 Å². The molecule has 1 nitrogen and oxygen atoms in total. The Balaban J connectivity index is 2.08. The third kappa shape index (κ3) is 5.38. The zero-order valence-electron chi connectivity index (χ0n) is 9.79. The molecule has 0 fully saturated rings. The molecule has 0 aromatic heterocycles. The van der Waals surface area contributed by atoms with Crippen molar-refractivity contribution in [1.82, 2.24) is 5.32 Å². The Morgan fingerprint density at radius 2 is 2.00 bits per heavy atom. The van der Waals surface area contributed by atoms with Crippen molar-refractivity contribution in [3.05, 3.63) is 47.5 Å². The maximum absolute atomic E-state index is 3.44. The van der Waals surface area contributed by atoms with Gasteiger partial charge in [0.15, 0.2) is 0 Å². The predicted octanol–water partition coefficient (Wildman–Crippen LogP) is 3.18. The molecule has 0 aliphatic carbocycles. The van der Waals surface area contributed by atoms with E-state index in [0.717, 1.165) is 13.1 Å². The Morgan fingerprint density at radius 3 is 2.67 bits per heavy atom. The largest absolute Gasteiger partial charge is 0.313 e. The van der Waals surface area contributed by atoms with Crippen molar-refractivity contribution in [2.45, 2.75) is 26.7 Å². The van der Waals surface area contributed by atoms with E-state index in [-0.39, 0.29) is 0 Å². The Morgan fingerprint density at radius 1 is 1.27 bits per heavy atom. The molecule has 0 heterocycles. The second-order valence-electron chi connectivity index (χ2n) is 3.90. The van der Waals surface area contributed by atoms with E-state index in [0.29, 0.717) is 0 Å². The molecule has 1 aromatic carbocycles. The molecule has 0 radical (unpaired) electrons. The minimum Gasteiger partial charge on any atom is -0.313 e. The van der Waals surface area contributed by atoms with E-state index >= 15 is 0 Å². The van der Waals surface area contributed by atoms with Crippen molar-refractivity contribution < 1.29 is 0 Å². The van der Waals surface area contributed by atoms with Gasteiger partial charge in [-0.3, -0.25) is 0 Å². The number of hydrogen-bond donors (Lipinski definition) is 1. The Hall–Kier alpha value is -1.08. The van der Waals surface area contributed by atoms with Crippen LogP contribution in [0.15, 0.2) is 42.0 Å². The first-order valence-electron chi connectivity index (χ1n) is 5.69. The molecule has 0 atom stereocenters. The average molecular weight is 203 g/mol. The lowest BCUT2D eigenvalue weighted by molar-refractivity contribution is 0.681. The fourth-order valence-electron chi connectivity index (χ4n) is 1.45. The summed E-state index contributed by atoms with van der Waals surface area (Å²) in [7, 11) is 0. The first-order chi connectivity index (χ1) is 7.33. The number of benzene rings is 1. The van der Waals surface area contributed by atoms with Gasteiger partial charge >= 0.3 is 0 Å². The SMILES string of the molecule is C/C=C(/C)CNCCCc1ccccc1. The standard InChI is InChI=1S/C14H21N/c1-3-13(2)12-15-11-7-10-14-8-5-4-6-9-14/h3-6,8-9,15H,7,10-12H2,1-2H3/b13-3-. The van der Waals surface area contributed by atoms with E-state index in [1.54, 1.807) is 0 Å². The van der Waals surface area contributed by atoms with Crippen molar-refractivity contribution in [2.24, 2.45) is 0 Å². The van der Waals surface area contributed by atoms with Gasteiger partial charge in [0, 0.05) is 6.54 Å². The van der Waals surface area contributed by atoms with Gasteiger partial charge in [-0.1, -0.05) is 42.0 Å². The Bertz CT molecular complexity index is 287. The minimum atomic E-state index is 1.02.